The van der Waals surface area contributed by atoms with E-state index >= 15 is 0 Å². The van der Waals surface area contributed by atoms with E-state index < -0.39 is 0 Å². The summed E-state index contributed by atoms with van der Waals surface area (Å²) in [5.41, 5.74) is 2.29. The van der Waals surface area contributed by atoms with E-state index in [-0.39, 0.29) is 0 Å². The maximum atomic E-state index is 9.10. The molecular weight excluding hydrogens is 160 g/mol. The molecule has 0 fully saturated rings. The Balaban J connectivity index is 3.00. The molecule has 0 aliphatic carbocycles. The minimum absolute atomic E-state index is 0.305. The van der Waals surface area contributed by atoms with Crippen LogP contribution in [0.2, 0.25) is 0 Å². The first kappa shape index (κ1) is 9.59. The van der Waals surface area contributed by atoms with Crippen molar-refractivity contribution < 1.29 is 5.11 Å². The van der Waals surface area contributed by atoms with Crippen molar-refractivity contribution in [1.29, 1.82) is 0 Å². The first-order chi connectivity index (χ1) is 6.27. The molecule has 1 aromatic rings. The molecule has 0 unspecified atom stereocenters. The summed E-state index contributed by atoms with van der Waals surface area (Å²) in [6.45, 7) is 3.99. The van der Waals surface area contributed by atoms with Crippen molar-refractivity contribution in [1.82, 2.24) is 0 Å². The molecule has 0 aliphatic rings. The van der Waals surface area contributed by atoms with Crippen LogP contribution in [-0.2, 0) is 0 Å². The van der Waals surface area contributed by atoms with Gasteiger partial charge in [0.25, 0.3) is 0 Å². The smallest absolute Gasteiger partial charge is 0.115 e. The maximum absolute atomic E-state index is 9.10. The summed E-state index contributed by atoms with van der Waals surface area (Å²) in [6.07, 6.45) is 6.10. The molecule has 1 rings (SSSR count). The van der Waals surface area contributed by atoms with Gasteiger partial charge in [-0.1, -0.05) is 30.4 Å². The van der Waals surface area contributed by atoms with Crippen LogP contribution in [-0.4, -0.2) is 5.11 Å². The van der Waals surface area contributed by atoms with Crippen molar-refractivity contribution in [2.45, 2.75) is 13.8 Å². The fraction of sp³-hybridized carbons (Fsp3) is 0.167. The fourth-order valence-electron chi connectivity index (χ4n) is 1.19. The summed E-state index contributed by atoms with van der Waals surface area (Å²) in [5.74, 6) is 0.305. The lowest BCUT2D eigenvalue weighted by Gasteiger charge is -2.01. The van der Waals surface area contributed by atoms with Crippen LogP contribution < -0.4 is 0 Å². The predicted molar refractivity (Wildman–Crippen MR) is 56.6 cm³/mol. The summed E-state index contributed by atoms with van der Waals surface area (Å²) >= 11 is 0. The van der Waals surface area contributed by atoms with E-state index in [0.717, 1.165) is 5.56 Å². The molecule has 0 saturated carbocycles. The summed E-state index contributed by atoms with van der Waals surface area (Å²) in [7, 11) is 0. The molecule has 0 spiro atoms. The Bertz CT molecular complexity index is 317. The Labute approximate surface area is 79.0 Å². The fourth-order valence-corrected chi connectivity index (χ4v) is 1.19. The van der Waals surface area contributed by atoms with E-state index in [1.54, 1.807) is 12.1 Å². The summed E-state index contributed by atoms with van der Waals surface area (Å²) in [6, 6.07) is 7.21. The van der Waals surface area contributed by atoms with Crippen LogP contribution >= 0.6 is 0 Å². The third-order valence-corrected chi connectivity index (χ3v) is 1.86. The third-order valence-electron chi connectivity index (χ3n) is 1.86. The van der Waals surface area contributed by atoms with Gasteiger partial charge in [-0.05, 0) is 37.1 Å². The zero-order valence-electron chi connectivity index (χ0n) is 7.99. The van der Waals surface area contributed by atoms with Crippen LogP contribution in [0.15, 0.2) is 42.5 Å². The zero-order chi connectivity index (χ0) is 9.68. The summed E-state index contributed by atoms with van der Waals surface area (Å²) in [5, 5.41) is 9.10. The number of hydrogen-bond acceptors (Lipinski definition) is 1. The van der Waals surface area contributed by atoms with Gasteiger partial charge in [0.05, 0.1) is 0 Å². The van der Waals surface area contributed by atoms with Crippen molar-refractivity contribution in [3.8, 4) is 5.75 Å². The highest BCUT2D eigenvalue weighted by Crippen LogP contribution is 2.18. The first-order valence-electron chi connectivity index (χ1n) is 4.36. The van der Waals surface area contributed by atoms with Gasteiger partial charge in [0.15, 0.2) is 0 Å². The Morgan fingerprint density at radius 2 is 1.77 bits per heavy atom. The molecule has 1 aromatic carbocycles. The molecule has 0 aromatic heterocycles. The summed E-state index contributed by atoms with van der Waals surface area (Å²) < 4.78 is 0. The largest absolute Gasteiger partial charge is 0.508 e. The van der Waals surface area contributed by atoms with Crippen LogP contribution in [0, 0.1) is 0 Å². The molecule has 0 aliphatic heterocycles. The molecule has 0 bridgehead atoms. The quantitative estimate of drug-likeness (QED) is 0.681. The Kier molecular flexibility index (Phi) is 3.32. The molecule has 0 saturated heterocycles. The molecule has 1 N–H and O–H groups in total. The van der Waals surface area contributed by atoms with Crippen molar-refractivity contribution in [3.63, 3.8) is 0 Å². The second-order valence-corrected chi connectivity index (χ2v) is 2.79. The number of rotatable bonds is 2. The molecule has 68 valence electrons. The highest BCUT2D eigenvalue weighted by atomic mass is 16.3. The average Bonchev–Trinajstić information content (AvgIpc) is 2.16. The molecule has 0 amide bonds. The number of phenols is 1. The number of benzene rings is 1. The molecule has 1 heteroatoms. The molecule has 0 radical (unpaired) electrons. The van der Waals surface area contributed by atoms with Gasteiger partial charge in [0.1, 0.15) is 5.75 Å². The van der Waals surface area contributed by atoms with E-state index in [4.69, 9.17) is 5.11 Å². The minimum Gasteiger partial charge on any atom is -0.508 e. The number of phenolic OH excluding ortho intramolecular Hbond substituents is 1. The number of aromatic hydroxyl groups is 1. The van der Waals surface area contributed by atoms with Crippen molar-refractivity contribution in [2.75, 3.05) is 0 Å². The lowest BCUT2D eigenvalue weighted by atomic mass is 10.1. The first-order valence-corrected chi connectivity index (χ1v) is 4.36. The van der Waals surface area contributed by atoms with Gasteiger partial charge >= 0.3 is 0 Å². The van der Waals surface area contributed by atoms with E-state index in [1.807, 2.05) is 44.2 Å². The molecule has 0 atom stereocenters. The van der Waals surface area contributed by atoms with E-state index in [0.29, 0.717) is 5.75 Å². The Morgan fingerprint density at radius 1 is 1.15 bits per heavy atom. The van der Waals surface area contributed by atoms with Gasteiger partial charge in [-0.15, -0.1) is 0 Å². The van der Waals surface area contributed by atoms with Crippen LogP contribution in [0.5, 0.6) is 5.75 Å². The Hall–Kier alpha value is -1.50. The van der Waals surface area contributed by atoms with E-state index in [9.17, 15) is 0 Å². The maximum Gasteiger partial charge on any atom is 0.115 e. The zero-order valence-corrected chi connectivity index (χ0v) is 7.99. The average molecular weight is 174 g/mol. The summed E-state index contributed by atoms with van der Waals surface area (Å²) in [4.78, 5) is 0. The lowest BCUT2D eigenvalue weighted by Crippen LogP contribution is -1.78. The molecule has 1 nitrogen and oxygen atoms in total. The van der Waals surface area contributed by atoms with E-state index in [2.05, 4.69) is 0 Å². The molecular formula is C12H14O. The topological polar surface area (TPSA) is 20.2 Å². The van der Waals surface area contributed by atoms with Gasteiger partial charge in [0.2, 0.25) is 0 Å². The predicted octanol–water partition coefficient (Wildman–Crippen LogP) is 3.37. The van der Waals surface area contributed by atoms with E-state index in [1.165, 1.54) is 5.57 Å². The van der Waals surface area contributed by atoms with Gasteiger partial charge in [-0.25, -0.2) is 0 Å². The highest BCUT2D eigenvalue weighted by Gasteiger charge is 1.95. The lowest BCUT2D eigenvalue weighted by molar-refractivity contribution is 0.475. The highest BCUT2D eigenvalue weighted by molar-refractivity contribution is 5.73. The van der Waals surface area contributed by atoms with Crippen molar-refractivity contribution in [2.24, 2.45) is 0 Å². The number of hydrogen-bond donors (Lipinski definition) is 1. The van der Waals surface area contributed by atoms with Crippen molar-refractivity contribution in [3.05, 3.63) is 48.1 Å². The van der Waals surface area contributed by atoms with Crippen LogP contribution in [0.4, 0.5) is 0 Å². The Morgan fingerprint density at radius 3 is 2.23 bits per heavy atom. The van der Waals surface area contributed by atoms with Gasteiger partial charge in [0, 0.05) is 0 Å². The SMILES string of the molecule is C/C=C\C(=C/C)c1ccc(O)cc1. The van der Waals surface area contributed by atoms with Gasteiger partial charge < -0.3 is 5.11 Å². The monoisotopic (exact) mass is 174 g/mol. The minimum atomic E-state index is 0.305. The second kappa shape index (κ2) is 4.51. The number of allylic oxidation sites excluding steroid dienone is 4. The normalized spacial score (nSPS) is 12.3. The third kappa shape index (κ3) is 2.48. The molecule has 13 heavy (non-hydrogen) atoms. The molecule has 0 heterocycles. The van der Waals surface area contributed by atoms with Crippen LogP contribution in [0.25, 0.3) is 5.57 Å². The van der Waals surface area contributed by atoms with Gasteiger partial charge in [-0.2, -0.15) is 0 Å². The van der Waals surface area contributed by atoms with Crippen molar-refractivity contribution >= 4 is 5.57 Å². The second-order valence-electron chi connectivity index (χ2n) is 2.79. The van der Waals surface area contributed by atoms with Crippen LogP contribution in [0.3, 0.4) is 0 Å². The van der Waals surface area contributed by atoms with Crippen LogP contribution in [0.1, 0.15) is 19.4 Å². The van der Waals surface area contributed by atoms with Gasteiger partial charge in [-0.3, -0.25) is 0 Å². The standard InChI is InChI=1S/C12H14O/c1-3-5-10(4-2)11-6-8-12(13)9-7-11/h3-9,13H,1-2H3/b5-3-,10-4+.